The van der Waals surface area contributed by atoms with E-state index in [1.165, 1.54) is 11.1 Å². The molecule has 0 aromatic heterocycles. The van der Waals surface area contributed by atoms with E-state index >= 15 is 0 Å². The molecule has 1 rings (SSSR count). The topological polar surface area (TPSA) is 26.3 Å². The largest absolute Gasteiger partial charge is 0.466 e. The predicted octanol–water partition coefficient (Wildman–Crippen LogP) is 3.38. The van der Waals surface area contributed by atoms with Crippen LogP contribution in [0.5, 0.6) is 0 Å². The van der Waals surface area contributed by atoms with Crippen molar-refractivity contribution in [3.63, 3.8) is 0 Å². The Kier molecular flexibility index (Phi) is 4.73. The first kappa shape index (κ1) is 13.8. The second-order valence-electron chi connectivity index (χ2n) is 4.95. The molecule has 17 heavy (non-hydrogen) atoms. The third kappa shape index (κ3) is 3.88. The van der Waals surface area contributed by atoms with Crippen LogP contribution in [0.4, 0.5) is 0 Å². The maximum Gasteiger partial charge on any atom is 0.311 e. The molecule has 0 atom stereocenters. The summed E-state index contributed by atoms with van der Waals surface area (Å²) in [6.45, 7) is 8.28. The number of benzene rings is 1. The summed E-state index contributed by atoms with van der Waals surface area (Å²) >= 11 is 0. The molecule has 0 N–H and O–H groups in total. The molecule has 0 unspecified atom stereocenters. The quantitative estimate of drug-likeness (QED) is 0.730. The first-order valence-corrected chi connectivity index (χ1v) is 6.24. The van der Waals surface area contributed by atoms with Crippen LogP contribution in [-0.4, -0.2) is 12.6 Å². The highest BCUT2D eigenvalue weighted by Crippen LogP contribution is 2.24. The maximum atomic E-state index is 11.8. The van der Waals surface area contributed by atoms with E-state index in [9.17, 15) is 4.79 Å². The Hall–Kier alpha value is -1.31. The molecule has 0 fully saturated rings. The molecule has 0 aliphatic rings. The molecule has 0 saturated carbocycles. The van der Waals surface area contributed by atoms with Crippen molar-refractivity contribution >= 4 is 5.97 Å². The van der Waals surface area contributed by atoms with Gasteiger partial charge in [0.15, 0.2) is 0 Å². The minimum atomic E-state index is -0.456. The van der Waals surface area contributed by atoms with Gasteiger partial charge in [-0.3, -0.25) is 4.79 Å². The van der Waals surface area contributed by atoms with E-state index in [1.54, 1.807) is 0 Å². The molecular weight excluding hydrogens is 212 g/mol. The van der Waals surface area contributed by atoms with Crippen molar-refractivity contribution in [3.8, 4) is 0 Å². The van der Waals surface area contributed by atoms with E-state index in [2.05, 4.69) is 31.2 Å². The third-order valence-electron chi connectivity index (χ3n) is 2.87. The van der Waals surface area contributed by atoms with Gasteiger partial charge in [-0.25, -0.2) is 0 Å². The fourth-order valence-corrected chi connectivity index (χ4v) is 1.87. The molecule has 0 saturated heterocycles. The second kappa shape index (κ2) is 5.85. The summed E-state index contributed by atoms with van der Waals surface area (Å²) in [4.78, 5) is 11.8. The highest BCUT2D eigenvalue weighted by molar-refractivity contribution is 5.76. The molecule has 1 aromatic carbocycles. The van der Waals surface area contributed by atoms with Crippen molar-refractivity contribution in [2.45, 2.75) is 40.5 Å². The molecule has 1 aromatic rings. The van der Waals surface area contributed by atoms with Crippen LogP contribution in [0.15, 0.2) is 24.3 Å². The molecule has 0 amide bonds. The van der Waals surface area contributed by atoms with Crippen molar-refractivity contribution in [3.05, 3.63) is 35.4 Å². The van der Waals surface area contributed by atoms with Gasteiger partial charge in [-0.2, -0.15) is 0 Å². The summed E-state index contributed by atoms with van der Waals surface area (Å²) in [5.41, 5.74) is 2.05. The summed E-state index contributed by atoms with van der Waals surface area (Å²) < 4.78 is 5.10. The number of esters is 1. The van der Waals surface area contributed by atoms with Gasteiger partial charge in [0, 0.05) is 0 Å². The molecule has 2 heteroatoms. The average molecular weight is 234 g/mol. The van der Waals surface area contributed by atoms with Crippen molar-refractivity contribution in [1.82, 2.24) is 0 Å². The summed E-state index contributed by atoms with van der Waals surface area (Å²) in [5, 5.41) is 0. The SMILES string of the molecule is CCOC(=O)C(C)(C)Cc1cccc(CC)c1. The zero-order valence-corrected chi connectivity index (χ0v) is 11.2. The first-order chi connectivity index (χ1) is 7.99. The number of carbonyl (C=O) groups excluding carboxylic acids is 1. The Morgan fingerprint density at radius 1 is 1.24 bits per heavy atom. The predicted molar refractivity (Wildman–Crippen MR) is 69.9 cm³/mol. The molecule has 0 aliphatic carbocycles. The number of hydrogen-bond acceptors (Lipinski definition) is 2. The Bertz CT molecular complexity index is 380. The number of aryl methyl sites for hydroxylation is 1. The minimum absolute atomic E-state index is 0.123. The highest BCUT2D eigenvalue weighted by Gasteiger charge is 2.29. The van der Waals surface area contributed by atoms with E-state index < -0.39 is 5.41 Å². The van der Waals surface area contributed by atoms with E-state index in [0.29, 0.717) is 6.61 Å². The average Bonchev–Trinajstić information content (AvgIpc) is 2.29. The van der Waals surface area contributed by atoms with Crippen LogP contribution in [0.1, 0.15) is 38.8 Å². The van der Waals surface area contributed by atoms with Gasteiger partial charge in [0.05, 0.1) is 12.0 Å². The van der Waals surface area contributed by atoms with Crippen LogP contribution in [0.25, 0.3) is 0 Å². The molecule has 0 heterocycles. The fourth-order valence-electron chi connectivity index (χ4n) is 1.87. The zero-order chi connectivity index (χ0) is 12.9. The lowest BCUT2D eigenvalue weighted by molar-refractivity contribution is -0.153. The van der Waals surface area contributed by atoms with Gasteiger partial charge >= 0.3 is 5.97 Å². The first-order valence-electron chi connectivity index (χ1n) is 6.24. The van der Waals surface area contributed by atoms with E-state index in [1.807, 2.05) is 20.8 Å². The number of hydrogen-bond donors (Lipinski definition) is 0. The van der Waals surface area contributed by atoms with Gasteiger partial charge < -0.3 is 4.74 Å². The summed E-state index contributed by atoms with van der Waals surface area (Å²) in [6.07, 6.45) is 1.74. The number of rotatable bonds is 5. The highest BCUT2D eigenvalue weighted by atomic mass is 16.5. The van der Waals surface area contributed by atoms with Gasteiger partial charge in [-0.1, -0.05) is 31.2 Å². The lowest BCUT2D eigenvalue weighted by Gasteiger charge is -2.22. The van der Waals surface area contributed by atoms with Crippen molar-refractivity contribution < 1.29 is 9.53 Å². The van der Waals surface area contributed by atoms with Crippen LogP contribution in [-0.2, 0) is 22.4 Å². The molecule has 94 valence electrons. The van der Waals surface area contributed by atoms with E-state index in [4.69, 9.17) is 4.74 Å². The fraction of sp³-hybridized carbons (Fsp3) is 0.533. The second-order valence-corrected chi connectivity index (χ2v) is 4.95. The van der Waals surface area contributed by atoms with Crippen molar-refractivity contribution in [1.29, 1.82) is 0 Å². The minimum Gasteiger partial charge on any atom is -0.466 e. The Labute approximate surface area is 104 Å². The molecule has 0 spiro atoms. The lowest BCUT2D eigenvalue weighted by Crippen LogP contribution is -2.29. The number of ether oxygens (including phenoxy) is 1. The lowest BCUT2D eigenvalue weighted by atomic mass is 9.85. The summed E-state index contributed by atoms with van der Waals surface area (Å²) in [5.74, 6) is -0.123. The van der Waals surface area contributed by atoms with Crippen LogP contribution in [0, 0.1) is 5.41 Å². The Balaban J connectivity index is 2.78. The van der Waals surface area contributed by atoms with Gasteiger partial charge in [0.25, 0.3) is 0 Å². The standard InChI is InChI=1S/C15H22O2/c1-5-12-8-7-9-13(10-12)11-15(3,4)14(16)17-6-2/h7-10H,5-6,11H2,1-4H3. The number of carbonyl (C=O) groups is 1. The monoisotopic (exact) mass is 234 g/mol. The van der Waals surface area contributed by atoms with E-state index in [0.717, 1.165) is 12.8 Å². The van der Waals surface area contributed by atoms with Gasteiger partial charge in [0.1, 0.15) is 0 Å². The van der Waals surface area contributed by atoms with Crippen LogP contribution in [0.3, 0.4) is 0 Å². The molecule has 0 aliphatic heterocycles. The van der Waals surface area contributed by atoms with Crippen molar-refractivity contribution in [2.75, 3.05) is 6.61 Å². The molecule has 0 bridgehead atoms. The normalized spacial score (nSPS) is 11.3. The zero-order valence-electron chi connectivity index (χ0n) is 11.2. The van der Waals surface area contributed by atoms with Crippen LogP contribution in [0.2, 0.25) is 0 Å². The maximum absolute atomic E-state index is 11.8. The molecule has 2 nitrogen and oxygen atoms in total. The third-order valence-corrected chi connectivity index (χ3v) is 2.87. The van der Waals surface area contributed by atoms with E-state index in [-0.39, 0.29) is 5.97 Å². The van der Waals surface area contributed by atoms with Gasteiger partial charge in [-0.05, 0) is 44.7 Å². The van der Waals surface area contributed by atoms with Gasteiger partial charge in [0.2, 0.25) is 0 Å². The molecule has 0 radical (unpaired) electrons. The summed E-state index contributed by atoms with van der Waals surface area (Å²) in [6, 6.07) is 8.40. The van der Waals surface area contributed by atoms with Gasteiger partial charge in [-0.15, -0.1) is 0 Å². The summed E-state index contributed by atoms with van der Waals surface area (Å²) in [7, 11) is 0. The Morgan fingerprint density at radius 3 is 2.47 bits per heavy atom. The molecular formula is C15H22O2. The van der Waals surface area contributed by atoms with Crippen LogP contribution >= 0.6 is 0 Å². The van der Waals surface area contributed by atoms with Crippen LogP contribution < -0.4 is 0 Å². The van der Waals surface area contributed by atoms with Crippen molar-refractivity contribution in [2.24, 2.45) is 5.41 Å². The Morgan fingerprint density at radius 2 is 1.88 bits per heavy atom. The smallest absolute Gasteiger partial charge is 0.311 e.